The molecule has 0 N–H and O–H groups in total. The Kier molecular flexibility index (Phi) is 8.24. The Morgan fingerprint density at radius 1 is 1.30 bits per heavy atom. The van der Waals surface area contributed by atoms with Crippen LogP contribution in [0.25, 0.3) is 0 Å². The zero-order valence-corrected chi connectivity index (χ0v) is 12.9. The van der Waals surface area contributed by atoms with E-state index < -0.39 is 0 Å². The molecule has 1 aliphatic rings. The van der Waals surface area contributed by atoms with Gasteiger partial charge in [-0.25, -0.2) is 0 Å². The number of carbonyl (C=O) groups is 2. The van der Waals surface area contributed by atoms with Crippen molar-refractivity contribution >= 4 is 11.8 Å². The molecule has 0 spiro atoms. The third-order valence-corrected chi connectivity index (χ3v) is 3.98. The maximum atomic E-state index is 11.9. The minimum absolute atomic E-state index is 0.0287. The molecule has 1 saturated carbocycles. The number of rotatable bonds is 9. The summed E-state index contributed by atoms with van der Waals surface area (Å²) in [4.78, 5) is 23.7. The Balaban J connectivity index is 2.34. The lowest BCUT2D eigenvalue weighted by Gasteiger charge is -2.16. The van der Waals surface area contributed by atoms with E-state index in [1.807, 2.05) is 0 Å². The van der Waals surface area contributed by atoms with Gasteiger partial charge in [0.2, 0.25) is 0 Å². The van der Waals surface area contributed by atoms with Crippen LogP contribution in [0, 0.1) is 11.8 Å². The van der Waals surface area contributed by atoms with E-state index in [2.05, 4.69) is 26.0 Å². The van der Waals surface area contributed by atoms with Crippen LogP contribution in [0.1, 0.15) is 65.2 Å². The van der Waals surface area contributed by atoms with Gasteiger partial charge in [0, 0.05) is 18.8 Å². The van der Waals surface area contributed by atoms with Crippen molar-refractivity contribution in [3.05, 3.63) is 12.2 Å². The molecular weight excluding hydrogens is 252 g/mol. The molecule has 0 saturated heterocycles. The van der Waals surface area contributed by atoms with Gasteiger partial charge in [-0.1, -0.05) is 38.8 Å². The highest BCUT2D eigenvalue weighted by Gasteiger charge is 2.35. The SMILES string of the molecule is CCC=CCC1C(=O)CCC1CC(=O)OCCCCC. The Hall–Kier alpha value is -1.12. The molecule has 0 aromatic rings. The van der Waals surface area contributed by atoms with Gasteiger partial charge in [-0.15, -0.1) is 0 Å². The van der Waals surface area contributed by atoms with E-state index in [1.165, 1.54) is 0 Å². The van der Waals surface area contributed by atoms with Gasteiger partial charge in [0.1, 0.15) is 5.78 Å². The summed E-state index contributed by atoms with van der Waals surface area (Å²) in [5.74, 6) is 0.392. The zero-order valence-electron chi connectivity index (χ0n) is 12.9. The van der Waals surface area contributed by atoms with Gasteiger partial charge >= 0.3 is 5.97 Å². The third-order valence-electron chi connectivity index (χ3n) is 3.98. The molecule has 20 heavy (non-hydrogen) atoms. The number of unbranched alkanes of at least 4 members (excludes halogenated alkanes) is 2. The van der Waals surface area contributed by atoms with E-state index >= 15 is 0 Å². The van der Waals surface area contributed by atoms with Crippen molar-refractivity contribution in [2.75, 3.05) is 6.61 Å². The first-order chi connectivity index (χ1) is 9.69. The number of carbonyl (C=O) groups excluding carboxylic acids is 2. The van der Waals surface area contributed by atoms with Crippen molar-refractivity contribution in [1.82, 2.24) is 0 Å². The Labute approximate surface area is 122 Å². The van der Waals surface area contributed by atoms with Gasteiger partial charge in [-0.3, -0.25) is 9.59 Å². The fraction of sp³-hybridized carbons (Fsp3) is 0.765. The minimum atomic E-state index is -0.134. The monoisotopic (exact) mass is 280 g/mol. The Morgan fingerprint density at radius 2 is 2.10 bits per heavy atom. The molecule has 0 aromatic heterocycles. The lowest BCUT2D eigenvalue weighted by molar-refractivity contribution is -0.145. The smallest absolute Gasteiger partial charge is 0.306 e. The zero-order chi connectivity index (χ0) is 14.8. The summed E-state index contributed by atoms with van der Waals surface area (Å²) in [6.07, 6.45) is 11.0. The first kappa shape index (κ1) is 16.9. The molecule has 1 fully saturated rings. The fourth-order valence-corrected chi connectivity index (χ4v) is 2.77. The second-order valence-electron chi connectivity index (χ2n) is 5.62. The molecule has 2 unspecified atom stereocenters. The van der Waals surface area contributed by atoms with Crippen molar-refractivity contribution in [3.8, 4) is 0 Å². The predicted molar refractivity (Wildman–Crippen MR) is 80.4 cm³/mol. The first-order valence-electron chi connectivity index (χ1n) is 8.02. The maximum Gasteiger partial charge on any atom is 0.306 e. The number of esters is 1. The molecule has 0 aliphatic heterocycles. The highest BCUT2D eigenvalue weighted by atomic mass is 16.5. The summed E-state index contributed by atoms with van der Waals surface area (Å²) < 4.78 is 5.25. The molecule has 3 nitrogen and oxygen atoms in total. The van der Waals surface area contributed by atoms with E-state index in [9.17, 15) is 9.59 Å². The summed E-state index contributed by atoms with van der Waals surface area (Å²) in [5, 5.41) is 0. The van der Waals surface area contributed by atoms with Gasteiger partial charge in [0.25, 0.3) is 0 Å². The first-order valence-corrected chi connectivity index (χ1v) is 8.02. The molecule has 0 amide bonds. The van der Waals surface area contributed by atoms with Gasteiger partial charge < -0.3 is 4.74 Å². The standard InChI is InChI=1S/C17H28O3/c1-3-5-7-9-15-14(10-11-16(15)18)13-17(19)20-12-8-6-4-2/h5,7,14-15H,3-4,6,8-13H2,1-2H3. The minimum Gasteiger partial charge on any atom is -0.466 e. The highest BCUT2D eigenvalue weighted by Crippen LogP contribution is 2.34. The second-order valence-corrected chi connectivity index (χ2v) is 5.62. The van der Waals surface area contributed by atoms with E-state index in [4.69, 9.17) is 4.74 Å². The number of ether oxygens (including phenoxy) is 1. The molecule has 1 rings (SSSR count). The molecule has 3 heteroatoms. The van der Waals surface area contributed by atoms with Crippen molar-refractivity contribution in [2.45, 2.75) is 65.2 Å². The number of ketones is 1. The number of hydrogen-bond acceptors (Lipinski definition) is 3. The summed E-state index contributed by atoms with van der Waals surface area (Å²) in [7, 11) is 0. The lowest BCUT2D eigenvalue weighted by Crippen LogP contribution is -2.19. The van der Waals surface area contributed by atoms with Crippen LogP contribution in [-0.2, 0) is 14.3 Å². The largest absolute Gasteiger partial charge is 0.466 e. The quantitative estimate of drug-likeness (QED) is 0.363. The maximum absolute atomic E-state index is 11.9. The van der Waals surface area contributed by atoms with Crippen LogP contribution in [0.5, 0.6) is 0 Å². The summed E-state index contributed by atoms with van der Waals surface area (Å²) >= 11 is 0. The molecule has 0 bridgehead atoms. The lowest BCUT2D eigenvalue weighted by atomic mass is 9.89. The molecule has 0 radical (unpaired) electrons. The second kappa shape index (κ2) is 9.73. The normalized spacial score (nSPS) is 22.6. The van der Waals surface area contributed by atoms with Gasteiger partial charge in [0.15, 0.2) is 0 Å². The van der Waals surface area contributed by atoms with Crippen LogP contribution < -0.4 is 0 Å². The van der Waals surface area contributed by atoms with E-state index in [1.54, 1.807) is 0 Å². The Bertz CT molecular complexity index is 333. The average molecular weight is 280 g/mol. The van der Waals surface area contributed by atoms with E-state index in [0.29, 0.717) is 25.2 Å². The molecular formula is C17H28O3. The summed E-state index contributed by atoms with van der Waals surface area (Å²) in [6.45, 7) is 4.73. The molecule has 0 heterocycles. The summed E-state index contributed by atoms with van der Waals surface area (Å²) in [6, 6.07) is 0. The molecule has 1 aliphatic carbocycles. The number of hydrogen-bond donors (Lipinski definition) is 0. The molecule has 0 aromatic carbocycles. The van der Waals surface area contributed by atoms with Crippen LogP contribution >= 0.6 is 0 Å². The number of allylic oxidation sites excluding steroid dienone is 2. The van der Waals surface area contributed by atoms with Crippen molar-refractivity contribution in [3.63, 3.8) is 0 Å². The van der Waals surface area contributed by atoms with Crippen LogP contribution in [0.15, 0.2) is 12.2 Å². The topological polar surface area (TPSA) is 43.4 Å². The van der Waals surface area contributed by atoms with Crippen molar-refractivity contribution in [1.29, 1.82) is 0 Å². The van der Waals surface area contributed by atoms with Crippen LogP contribution in [-0.4, -0.2) is 18.4 Å². The van der Waals surface area contributed by atoms with Crippen molar-refractivity contribution < 1.29 is 14.3 Å². The van der Waals surface area contributed by atoms with Crippen LogP contribution in [0.4, 0.5) is 0 Å². The van der Waals surface area contributed by atoms with Gasteiger partial charge in [-0.2, -0.15) is 0 Å². The summed E-state index contributed by atoms with van der Waals surface area (Å²) in [5.41, 5.74) is 0. The molecule has 2 atom stereocenters. The molecule has 114 valence electrons. The fourth-order valence-electron chi connectivity index (χ4n) is 2.77. The van der Waals surface area contributed by atoms with Crippen LogP contribution in [0.3, 0.4) is 0 Å². The number of Topliss-reactive ketones (excluding diaryl/α,β-unsaturated/α-hetero) is 1. The van der Waals surface area contributed by atoms with Crippen LogP contribution in [0.2, 0.25) is 0 Å². The highest BCUT2D eigenvalue weighted by molar-refractivity contribution is 5.84. The third kappa shape index (κ3) is 5.89. The van der Waals surface area contributed by atoms with E-state index in [-0.39, 0.29) is 17.8 Å². The van der Waals surface area contributed by atoms with Crippen molar-refractivity contribution in [2.24, 2.45) is 11.8 Å². The van der Waals surface area contributed by atoms with E-state index in [0.717, 1.165) is 38.5 Å². The van der Waals surface area contributed by atoms with Gasteiger partial charge in [-0.05, 0) is 31.6 Å². The predicted octanol–water partition coefficient (Wildman–Crippen LogP) is 4.06. The van der Waals surface area contributed by atoms with Gasteiger partial charge in [0.05, 0.1) is 6.61 Å². The average Bonchev–Trinajstić information content (AvgIpc) is 2.77. The Morgan fingerprint density at radius 3 is 2.80 bits per heavy atom.